The first-order chi connectivity index (χ1) is 21.7. The lowest BCUT2D eigenvalue weighted by atomic mass is 9.93. The summed E-state index contributed by atoms with van der Waals surface area (Å²) in [6.07, 6.45) is 1.96. The number of nitrogens with two attached hydrogens (primary N) is 2. The van der Waals surface area contributed by atoms with Crippen molar-refractivity contribution < 1.29 is 23.9 Å². The van der Waals surface area contributed by atoms with E-state index in [0.29, 0.717) is 36.2 Å². The quantitative estimate of drug-likeness (QED) is 0.0408. The Kier molecular flexibility index (Phi) is 10.3. The molecule has 0 aliphatic heterocycles. The van der Waals surface area contributed by atoms with Crippen LogP contribution < -0.4 is 27.6 Å². The van der Waals surface area contributed by atoms with Crippen LogP contribution in [-0.4, -0.2) is 57.3 Å². The highest BCUT2D eigenvalue weighted by Gasteiger charge is 2.22. The molecule has 1 atom stereocenters. The first kappa shape index (κ1) is 31.6. The Hall–Kier alpha value is -6.35. The van der Waals surface area contributed by atoms with Crippen LogP contribution in [0.15, 0.2) is 59.8 Å². The fourth-order valence-corrected chi connectivity index (χ4v) is 4.25. The number of ether oxygens (including phenoxy) is 1. The van der Waals surface area contributed by atoms with Gasteiger partial charge in [-0.3, -0.25) is 30.0 Å². The van der Waals surface area contributed by atoms with Gasteiger partial charge in [-0.25, -0.2) is 9.97 Å². The fourth-order valence-electron chi connectivity index (χ4n) is 4.25. The Morgan fingerprint density at radius 3 is 2.33 bits per heavy atom. The van der Waals surface area contributed by atoms with Gasteiger partial charge in [0, 0.05) is 28.3 Å². The molecule has 0 aliphatic rings. The van der Waals surface area contributed by atoms with Crippen LogP contribution in [0.25, 0.3) is 21.6 Å². The molecule has 0 radical (unpaired) electrons. The molecule has 17 heteroatoms. The summed E-state index contributed by atoms with van der Waals surface area (Å²) in [4.78, 5) is 68.7. The zero-order valence-electron chi connectivity index (χ0n) is 23.9. The van der Waals surface area contributed by atoms with Crippen molar-refractivity contribution in [2.45, 2.75) is 25.2 Å². The van der Waals surface area contributed by atoms with Crippen molar-refractivity contribution in [2.75, 3.05) is 25.1 Å². The average molecular weight is 613 g/mol. The number of amides is 3. The van der Waals surface area contributed by atoms with Gasteiger partial charge in [-0.1, -0.05) is 29.4 Å². The molecule has 2 aromatic heterocycles. The Bertz CT molecular complexity index is 1770. The predicted octanol–water partition coefficient (Wildman–Crippen LogP) is 2.00. The fraction of sp³-hybridized carbons (Fsp3) is 0.214. The Labute approximate surface area is 255 Å². The van der Waals surface area contributed by atoms with Gasteiger partial charge in [-0.15, -0.1) is 0 Å². The maximum Gasteiger partial charge on any atom is 0.313 e. The topological polar surface area (TPSA) is 266 Å². The van der Waals surface area contributed by atoms with Gasteiger partial charge in [-0.05, 0) is 48.2 Å². The van der Waals surface area contributed by atoms with Gasteiger partial charge in [0.15, 0.2) is 17.0 Å². The Balaban J connectivity index is 1.28. The van der Waals surface area contributed by atoms with Crippen LogP contribution in [0.1, 0.15) is 50.7 Å². The molecule has 4 aromatic rings. The molecule has 0 saturated carbocycles. The van der Waals surface area contributed by atoms with Gasteiger partial charge in [0.2, 0.25) is 11.9 Å². The summed E-state index contributed by atoms with van der Waals surface area (Å²) in [6, 6.07) is 12.4. The summed E-state index contributed by atoms with van der Waals surface area (Å²) in [7, 11) is 1.28. The lowest BCUT2D eigenvalue weighted by Gasteiger charge is -2.16. The smallest absolute Gasteiger partial charge is 0.313 e. The number of esters is 1. The molecule has 17 nitrogen and oxygen atoms in total. The highest BCUT2D eigenvalue weighted by molar-refractivity contribution is 5.96. The molecule has 4 rings (SSSR count). The van der Waals surface area contributed by atoms with E-state index >= 15 is 0 Å². The van der Waals surface area contributed by atoms with E-state index < -0.39 is 23.7 Å². The molecule has 3 amide bonds. The zero-order chi connectivity index (χ0) is 32.3. The average Bonchev–Trinajstić information content (AvgIpc) is 3.04. The molecule has 7 N–H and O–H groups in total. The summed E-state index contributed by atoms with van der Waals surface area (Å²) in [5.74, 6) is -2.58. The number of carbonyl (C=O) groups excluding carboxylic acids is 4. The molecule has 45 heavy (non-hydrogen) atoms. The summed E-state index contributed by atoms with van der Waals surface area (Å²) in [5.41, 5.74) is 26.8. The maximum atomic E-state index is 12.6. The number of nitrogen functional groups attached to an aromatic ring is 2. The number of carbonyl (C=O) groups is 4. The molecule has 0 saturated heterocycles. The summed E-state index contributed by atoms with van der Waals surface area (Å²) >= 11 is 0. The zero-order valence-corrected chi connectivity index (χ0v) is 23.9. The number of hydrogen-bond acceptors (Lipinski definition) is 12. The predicted molar refractivity (Wildman–Crippen MR) is 161 cm³/mol. The molecular weight excluding hydrogens is 584 g/mol. The van der Waals surface area contributed by atoms with Crippen LogP contribution >= 0.6 is 0 Å². The second kappa shape index (κ2) is 14.7. The molecule has 0 unspecified atom stereocenters. The number of rotatable bonds is 11. The lowest BCUT2D eigenvalue weighted by Crippen LogP contribution is -2.42. The van der Waals surface area contributed by atoms with E-state index in [2.05, 4.69) is 46.1 Å². The van der Waals surface area contributed by atoms with E-state index in [9.17, 15) is 19.2 Å². The van der Waals surface area contributed by atoms with Crippen LogP contribution in [0, 0.1) is 0 Å². The number of fused-ring (bicyclic) bond motifs is 1. The summed E-state index contributed by atoms with van der Waals surface area (Å²) < 4.78 is 4.96. The minimum atomic E-state index is -0.634. The highest BCUT2D eigenvalue weighted by atomic mass is 16.5. The number of methoxy groups -OCH3 is 1. The third-order valence-corrected chi connectivity index (χ3v) is 6.46. The minimum Gasteiger partial charge on any atom is -0.469 e. The van der Waals surface area contributed by atoms with Crippen LogP contribution in [0.4, 0.5) is 17.5 Å². The van der Waals surface area contributed by atoms with Gasteiger partial charge < -0.3 is 21.5 Å². The number of hydrogen-bond donors (Lipinski definition) is 5. The maximum absolute atomic E-state index is 12.6. The second-order valence-corrected chi connectivity index (χ2v) is 9.51. The van der Waals surface area contributed by atoms with Gasteiger partial charge in [0.25, 0.3) is 11.8 Å². The molecule has 0 bridgehead atoms. The van der Waals surface area contributed by atoms with Crippen LogP contribution in [0.5, 0.6) is 0 Å². The van der Waals surface area contributed by atoms with Crippen molar-refractivity contribution in [3.63, 3.8) is 0 Å². The SMILES string of the molecule is COC(=O)[C@@H](CCCNC(=O)c1ccc(N=[N+]=[N-])cc1)c1ccc(C(=O)NNC(=O)Cc2cnc3nc(N)nc(N)c3n2)cc1. The summed E-state index contributed by atoms with van der Waals surface area (Å²) in [6.45, 7) is 0.297. The normalized spacial score (nSPS) is 11.1. The monoisotopic (exact) mass is 612 g/mol. The molecule has 0 fully saturated rings. The van der Waals surface area contributed by atoms with E-state index in [-0.39, 0.29) is 46.5 Å². The molecule has 230 valence electrons. The summed E-state index contributed by atoms with van der Waals surface area (Å²) in [5, 5.41) is 6.25. The number of azide groups is 1. The highest BCUT2D eigenvalue weighted by Crippen LogP contribution is 2.23. The number of benzene rings is 2. The van der Waals surface area contributed by atoms with E-state index in [4.69, 9.17) is 21.7 Å². The van der Waals surface area contributed by atoms with Crippen molar-refractivity contribution in [2.24, 2.45) is 5.11 Å². The van der Waals surface area contributed by atoms with Gasteiger partial charge in [0.05, 0.1) is 31.3 Å². The van der Waals surface area contributed by atoms with Crippen LogP contribution in [0.2, 0.25) is 0 Å². The third-order valence-electron chi connectivity index (χ3n) is 6.46. The molecule has 0 spiro atoms. The molecule has 0 aliphatic carbocycles. The largest absolute Gasteiger partial charge is 0.469 e. The van der Waals surface area contributed by atoms with Gasteiger partial charge >= 0.3 is 5.97 Å². The Morgan fingerprint density at radius 2 is 1.64 bits per heavy atom. The minimum absolute atomic E-state index is 0.0252. The Morgan fingerprint density at radius 1 is 0.956 bits per heavy atom. The van der Waals surface area contributed by atoms with Crippen molar-refractivity contribution in [3.8, 4) is 0 Å². The van der Waals surface area contributed by atoms with E-state index in [1.807, 2.05) is 0 Å². The number of aromatic nitrogens is 4. The van der Waals surface area contributed by atoms with E-state index in [0.717, 1.165) is 0 Å². The van der Waals surface area contributed by atoms with E-state index in [1.165, 1.54) is 37.6 Å². The standard InChI is InChI=1S/C28H28N12O5/c1-45-27(44)20(3-2-12-32-25(42)16-8-10-18(11-9-16)37-40-31)15-4-6-17(7-5-15)26(43)39-38-21(41)13-19-14-33-24-22(34-19)23(29)35-28(30)36-24/h4-11,14,20H,2-3,12-13H2,1H3,(H,32,42)(H,38,41)(H,39,43)(H4,29,30,33,35,36)/t20-/m0/s1. The van der Waals surface area contributed by atoms with Crippen LogP contribution in [-0.2, 0) is 20.7 Å². The third kappa shape index (κ3) is 8.36. The second-order valence-electron chi connectivity index (χ2n) is 9.51. The van der Waals surface area contributed by atoms with Crippen LogP contribution in [0.3, 0.4) is 0 Å². The van der Waals surface area contributed by atoms with Crippen molar-refractivity contribution in [1.29, 1.82) is 0 Å². The first-order valence-corrected chi connectivity index (χ1v) is 13.4. The lowest BCUT2D eigenvalue weighted by molar-refractivity contribution is -0.142. The van der Waals surface area contributed by atoms with Crippen molar-refractivity contribution in [1.82, 2.24) is 36.1 Å². The van der Waals surface area contributed by atoms with Crippen molar-refractivity contribution >= 4 is 52.3 Å². The number of anilines is 2. The van der Waals surface area contributed by atoms with Gasteiger partial charge in [-0.2, -0.15) is 9.97 Å². The number of nitrogens with zero attached hydrogens (tertiary/aromatic N) is 7. The van der Waals surface area contributed by atoms with E-state index in [1.54, 1.807) is 24.3 Å². The van der Waals surface area contributed by atoms with Crippen molar-refractivity contribution in [3.05, 3.63) is 87.6 Å². The first-order valence-electron chi connectivity index (χ1n) is 13.4. The molecule has 2 aromatic carbocycles. The number of nitrogens with one attached hydrogen (secondary N) is 3. The van der Waals surface area contributed by atoms with Gasteiger partial charge in [0.1, 0.15) is 0 Å². The number of hydrazine groups is 1. The molecule has 2 heterocycles. The molecular formula is C28H28N12O5.